The molecule has 0 bridgehead atoms. The van der Waals surface area contributed by atoms with E-state index in [0.717, 1.165) is 17.2 Å². The highest BCUT2D eigenvalue weighted by atomic mass is 19.2. The smallest absolute Gasteiger partial charge is 0.201 e. The van der Waals surface area contributed by atoms with Crippen LogP contribution in [0.1, 0.15) is 22.8 Å². The SMILES string of the molecule is COc1ccc2c(c1)C(Oc1cc(F)c(C)c(F)c1F)CN(C)C2. The van der Waals surface area contributed by atoms with Crippen LogP contribution in [0, 0.1) is 24.4 Å². The summed E-state index contributed by atoms with van der Waals surface area (Å²) in [5.74, 6) is -3.01. The lowest BCUT2D eigenvalue weighted by Crippen LogP contribution is -2.33. The molecule has 2 aromatic rings. The number of hydrogen-bond donors (Lipinski definition) is 0. The molecule has 0 spiro atoms. The third kappa shape index (κ3) is 2.94. The van der Waals surface area contributed by atoms with E-state index < -0.39 is 29.3 Å². The van der Waals surface area contributed by atoms with Crippen molar-refractivity contribution >= 4 is 0 Å². The Balaban J connectivity index is 2.00. The van der Waals surface area contributed by atoms with Crippen LogP contribution in [0.3, 0.4) is 0 Å². The van der Waals surface area contributed by atoms with E-state index in [1.54, 1.807) is 7.11 Å². The topological polar surface area (TPSA) is 21.7 Å². The predicted molar refractivity (Wildman–Crippen MR) is 83.8 cm³/mol. The van der Waals surface area contributed by atoms with Gasteiger partial charge in [0.2, 0.25) is 5.82 Å². The van der Waals surface area contributed by atoms with Crippen LogP contribution in [0.15, 0.2) is 24.3 Å². The molecule has 1 heterocycles. The van der Waals surface area contributed by atoms with Crippen LogP contribution in [0.5, 0.6) is 11.5 Å². The van der Waals surface area contributed by atoms with E-state index in [1.165, 1.54) is 6.92 Å². The number of benzene rings is 2. The Morgan fingerprint density at radius 2 is 1.88 bits per heavy atom. The maximum Gasteiger partial charge on any atom is 0.201 e. The molecule has 0 saturated heterocycles. The van der Waals surface area contributed by atoms with E-state index in [-0.39, 0.29) is 5.56 Å². The fourth-order valence-corrected chi connectivity index (χ4v) is 2.88. The van der Waals surface area contributed by atoms with Crippen molar-refractivity contribution in [3.8, 4) is 11.5 Å². The average molecular weight is 337 g/mol. The molecule has 2 aromatic carbocycles. The van der Waals surface area contributed by atoms with Gasteiger partial charge in [0.1, 0.15) is 17.7 Å². The minimum absolute atomic E-state index is 0.359. The first-order valence-corrected chi connectivity index (χ1v) is 7.56. The Kier molecular flexibility index (Phi) is 4.41. The highest BCUT2D eigenvalue weighted by Gasteiger charge is 2.27. The van der Waals surface area contributed by atoms with Crippen molar-refractivity contribution in [3.05, 3.63) is 58.4 Å². The van der Waals surface area contributed by atoms with Gasteiger partial charge in [-0.2, -0.15) is 4.39 Å². The average Bonchev–Trinajstić information content (AvgIpc) is 2.57. The Morgan fingerprint density at radius 1 is 1.12 bits per heavy atom. The molecule has 0 amide bonds. The molecular weight excluding hydrogens is 319 g/mol. The monoisotopic (exact) mass is 337 g/mol. The maximum atomic E-state index is 14.1. The van der Waals surface area contributed by atoms with E-state index in [4.69, 9.17) is 9.47 Å². The summed E-state index contributed by atoms with van der Waals surface area (Å²) in [4.78, 5) is 2.00. The number of likely N-dealkylation sites (N-methyl/N-ethyl adjacent to an activating group) is 1. The van der Waals surface area contributed by atoms with Crippen molar-refractivity contribution in [2.75, 3.05) is 20.7 Å². The van der Waals surface area contributed by atoms with Gasteiger partial charge in [0.05, 0.1) is 7.11 Å². The fraction of sp³-hybridized carbons (Fsp3) is 0.333. The molecule has 1 unspecified atom stereocenters. The van der Waals surface area contributed by atoms with Crippen molar-refractivity contribution in [2.45, 2.75) is 19.6 Å². The second kappa shape index (κ2) is 6.36. The molecule has 0 fully saturated rings. The first-order valence-electron chi connectivity index (χ1n) is 7.56. The number of rotatable bonds is 3. The first kappa shape index (κ1) is 16.6. The van der Waals surface area contributed by atoms with Gasteiger partial charge in [-0.15, -0.1) is 0 Å². The first-order chi connectivity index (χ1) is 11.4. The van der Waals surface area contributed by atoms with Gasteiger partial charge in [0, 0.05) is 30.3 Å². The van der Waals surface area contributed by atoms with Gasteiger partial charge in [-0.1, -0.05) is 6.07 Å². The van der Waals surface area contributed by atoms with Gasteiger partial charge in [-0.05, 0) is 31.7 Å². The number of methoxy groups -OCH3 is 1. The lowest BCUT2D eigenvalue weighted by Gasteiger charge is -2.32. The Morgan fingerprint density at radius 3 is 2.58 bits per heavy atom. The van der Waals surface area contributed by atoms with E-state index in [0.29, 0.717) is 18.8 Å². The van der Waals surface area contributed by atoms with E-state index in [2.05, 4.69) is 0 Å². The minimum Gasteiger partial charge on any atom is -0.497 e. The molecule has 1 aliphatic heterocycles. The van der Waals surface area contributed by atoms with Crippen LogP contribution in [0.4, 0.5) is 13.2 Å². The summed E-state index contributed by atoms with van der Waals surface area (Å²) in [6.07, 6.45) is -0.551. The van der Waals surface area contributed by atoms with Gasteiger partial charge in [0.25, 0.3) is 0 Å². The number of ether oxygens (including phenoxy) is 2. The van der Waals surface area contributed by atoms with Gasteiger partial charge in [0.15, 0.2) is 11.6 Å². The summed E-state index contributed by atoms with van der Waals surface area (Å²) in [5, 5.41) is 0. The van der Waals surface area contributed by atoms with Crippen LogP contribution >= 0.6 is 0 Å². The zero-order valence-corrected chi connectivity index (χ0v) is 13.7. The molecule has 1 atom stereocenters. The molecule has 6 heteroatoms. The molecule has 3 rings (SSSR count). The molecule has 128 valence electrons. The number of nitrogens with zero attached hydrogens (tertiary/aromatic N) is 1. The summed E-state index contributed by atoms with van der Waals surface area (Å²) in [7, 11) is 3.45. The van der Waals surface area contributed by atoms with Crippen LogP contribution in [-0.4, -0.2) is 25.6 Å². The Labute approximate surface area is 138 Å². The minimum atomic E-state index is -1.22. The molecule has 0 N–H and O–H groups in total. The van der Waals surface area contributed by atoms with Crippen LogP contribution in [0.25, 0.3) is 0 Å². The van der Waals surface area contributed by atoms with E-state index in [1.807, 2.05) is 30.1 Å². The highest BCUT2D eigenvalue weighted by Crippen LogP contribution is 2.35. The molecule has 3 nitrogen and oxygen atoms in total. The zero-order valence-electron chi connectivity index (χ0n) is 13.7. The standard InChI is InChI=1S/C18H18F3NO2/c1-10-14(19)7-15(18(21)17(10)20)24-16-9-22(2)8-11-4-5-12(23-3)6-13(11)16/h4-7,16H,8-9H2,1-3H3. The molecule has 0 aromatic heterocycles. The predicted octanol–water partition coefficient (Wildman–Crippen LogP) is 3.99. The van der Waals surface area contributed by atoms with Crippen molar-refractivity contribution in [3.63, 3.8) is 0 Å². The lowest BCUT2D eigenvalue weighted by atomic mass is 9.97. The number of halogens is 3. The molecule has 0 radical (unpaired) electrons. The zero-order chi connectivity index (χ0) is 17.4. The highest BCUT2D eigenvalue weighted by molar-refractivity contribution is 5.40. The van der Waals surface area contributed by atoms with Crippen molar-refractivity contribution in [1.82, 2.24) is 4.90 Å². The fourth-order valence-electron chi connectivity index (χ4n) is 2.88. The van der Waals surface area contributed by atoms with Crippen LogP contribution in [-0.2, 0) is 6.54 Å². The largest absolute Gasteiger partial charge is 0.497 e. The summed E-state index contributed by atoms with van der Waals surface area (Å²) < 4.78 is 52.5. The molecule has 1 aliphatic rings. The summed E-state index contributed by atoms with van der Waals surface area (Å²) in [6.45, 7) is 2.36. The van der Waals surface area contributed by atoms with Gasteiger partial charge < -0.3 is 9.47 Å². The maximum absolute atomic E-state index is 14.1. The third-order valence-corrected chi connectivity index (χ3v) is 4.24. The second-order valence-corrected chi connectivity index (χ2v) is 5.98. The van der Waals surface area contributed by atoms with Gasteiger partial charge in [-0.3, -0.25) is 4.90 Å². The number of hydrogen-bond acceptors (Lipinski definition) is 3. The Hall–Kier alpha value is -2.21. The second-order valence-electron chi connectivity index (χ2n) is 5.98. The summed E-state index contributed by atoms with van der Waals surface area (Å²) in [5.41, 5.74) is 1.47. The van der Waals surface area contributed by atoms with Crippen molar-refractivity contribution in [1.29, 1.82) is 0 Å². The molecule has 0 aliphatic carbocycles. The molecule has 24 heavy (non-hydrogen) atoms. The lowest BCUT2D eigenvalue weighted by molar-refractivity contribution is 0.122. The molecule has 0 saturated carbocycles. The van der Waals surface area contributed by atoms with E-state index in [9.17, 15) is 13.2 Å². The number of fused-ring (bicyclic) bond motifs is 1. The summed E-state index contributed by atoms with van der Waals surface area (Å²) in [6, 6.07) is 6.45. The van der Waals surface area contributed by atoms with Crippen LogP contribution in [0.2, 0.25) is 0 Å². The van der Waals surface area contributed by atoms with Crippen molar-refractivity contribution in [2.24, 2.45) is 0 Å². The van der Waals surface area contributed by atoms with Crippen LogP contribution < -0.4 is 9.47 Å². The van der Waals surface area contributed by atoms with Gasteiger partial charge in [-0.25, -0.2) is 8.78 Å². The third-order valence-electron chi connectivity index (χ3n) is 4.24. The van der Waals surface area contributed by atoms with Gasteiger partial charge >= 0.3 is 0 Å². The van der Waals surface area contributed by atoms with Crippen molar-refractivity contribution < 1.29 is 22.6 Å². The quantitative estimate of drug-likeness (QED) is 0.791. The Bertz CT molecular complexity index is 779. The molecular formula is C18H18F3NO2. The normalized spacial score (nSPS) is 17.5. The van der Waals surface area contributed by atoms with E-state index >= 15 is 0 Å². The summed E-state index contributed by atoms with van der Waals surface area (Å²) >= 11 is 0.